The molecule has 0 N–H and O–H groups in total. The van der Waals surface area contributed by atoms with Gasteiger partial charge in [0.15, 0.2) is 11.5 Å². The maximum Gasteiger partial charge on any atom is 0.255 e. The molecule has 2 heterocycles. The number of hydrogen-bond acceptors (Lipinski definition) is 4. The fourth-order valence-corrected chi connectivity index (χ4v) is 4.63. The second-order valence-electron chi connectivity index (χ2n) is 8.50. The van der Waals surface area contributed by atoms with Gasteiger partial charge in [-0.1, -0.05) is 30.3 Å². The van der Waals surface area contributed by atoms with E-state index in [2.05, 4.69) is 4.57 Å². The van der Waals surface area contributed by atoms with Crippen molar-refractivity contribution >= 4 is 23.4 Å². The number of nitrogens with zero attached hydrogens (tertiary/aromatic N) is 3. The Morgan fingerprint density at radius 2 is 1.51 bits per heavy atom. The number of carbonyl (C=O) groups is 2. The molecule has 1 fully saturated rings. The Balaban J connectivity index is 1.72. The van der Waals surface area contributed by atoms with E-state index in [0.717, 1.165) is 22.6 Å². The molecule has 2 amide bonds. The molecule has 0 radical (unpaired) electrons. The smallest absolute Gasteiger partial charge is 0.255 e. The molecule has 0 bridgehead atoms. The van der Waals surface area contributed by atoms with Gasteiger partial charge >= 0.3 is 0 Å². The van der Waals surface area contributed by atoms with E-state index in [-0.39, 0.29) is 11.8 Å². The normalized spacial score (nSPS) is 14.5. The number of carbonyl (C=O) groups excluding carboxylic acids is 2. The number of benzene rings is 2. The Hall–Kier alpha value is -3.45. The van der Waals surface area contributed by atoms with Gasteiger partial charge in [-0.2, -0.15) is 0 Å². The van der Waals surface area contributed by atoms with Crippen LogP contribution in [0.2, 0.25) is 0 Å². The largest absolute Gasteiger partial charge is 0.493 e. The molecule has 1 atom stereocenters. The number of piperazine rings is 1. The number of amides is 2. The third kappa shape index (κ3) is 4.86. The van der Waals surface area contributed by atoms with E-state index < -0.39 is 5.38 Å². The van der Waals surface area contributed by atoms with Crippen molar-refractivity contribution in [2.45, 2.75) is 19.2 Å². The molecule has 184 valence electrons. The van der Waals surface area contributed by atoms with E-state index in [0.29, 0.717) is 43.2 Å². The van der Waals surface area contributed by atoms with Crippen LogP contribution in [0.4, 0.5) is 0 Å². The number of rotatable bonds is 6. The van der Waals surface area contributed by atoms with Crippen molar-refractivity contribution in [3.8, 4) is 28.4 Å². The summed E-state index contributed by atoms with van der Waals surface area (Å²) in [5, 5.41) is -0.566. The minimum atomic E-state index is -0.566. The molecule has 1 saturated heterocycles. The molecule has 4 rings (SSSR count). The van der Waals surface area contributed by atoms with Crippen molar-refractivity contribution < 1.29 is 19.1 Å². The summed E-state index contributed by atoms with van der Waals surface area (Å²) in [7, 11) is 3.21. The van der Waals surface area contributed by atoms with E-state index in [1.165, 1.54) is 0 Å². The van der Waals surface area contributed by atoms with Crippen molar-refractivity contribution in [1.82, 2.24) is 14.4 Å². The molecule has 1 aromatic heterocycles. The van der Waals surface area contributed by atoms with Crippen molar-refractivity contribution in [3.05, 3.63) is 65.9 Å². The lowest BCUT2D eigenvalue weighted by Crippen LogP contribution is -2.52. The lowest BCUT2D eigenvalue weighted by atomic mass is 10.1. The summed E-state index contributed by atoms with van der Waals surface area (Å²) in [6.07, 6.45) is 0. The maximum atomic E-state index is 13.6. The van der Waals surface area contributed by atoms with Crippen molar-refractivity contribution in [2.24, 2.45) is 0 Å². The van der Waals surface area contributed by atoms with Crippen molar-refractivity contribution in [1.29, 1.82) is 0 Å². The average Bonchev–Trinajstić information content (AvgIpc) is 3.24. The fraction of sp³-hybridized carbons (Fsp3) is 0.333. The lowest BCUT2D eigenvalue weighted by molar-refractivity contribution is -0.131. The molecular weight excluding hydrogens is 466 g/mol. The molecule has 1 aliphatic rings. The average molecular weight is 496 g/mol. The first-order chi connectivity index (χ1) is 16.8. The summed E-state index contributed by atoms with van der Waals surface area (Å²) in [5.41, 5.74) is 4.22. The topological polar surface area (TPSA) is 64.0 Å². The second-order valence-corrected chi connectivity index (χ2v) is 9.16. The van der Waals surface area contributed by atoms with Gasteiger partial charge in [-0.25, -0.2) is 0 Å². The Morgan fingerprint density at radius 1 is 0.886 bits per heavy atom. The van der Waals surface area contributed by atoms with Crippen molar-refractivity contribution in [2.75, 3.05) is 40.4 Å². The zero-order chi connectivity index (χ0) is 25.1. The molecule has 7 nitrogen and oxygen atoms in total. The zero-order valence-corrected chi connectivity index (χ0v) is 21.2. The van der Waals surface area contributed by atoms with E-state index >= 15 is 0 Å². The standard InChI is InChI=1S/C27H30ClN3O4/c1-18(28)26(32)29-12-14-30(15-13-29)27(33)22-17-23(20-8-6-5-7-9-20)31(19(22)2)21-10-11-24(34-3)25(16-21)35-4/h5-11,16-18H,12-15H2,1-4H3. The number of methoxy groups -OCH3 is 2. The van der Waals surface area contributed by atoms with E-state index in [1.807, 2.05) is 61.5 Å². The predicted octanol–water partition coefficient (Wildman–Crippen LogP) is 4.38. The zero-order valence-electron chi connectivity index (χ0n) is 20.5. The minimum absolute atomic E-state index is 0.0510. The van der Waals surface area contributed by atoms with Crippen LogP contribution < -0.4 is 9.47 Å². The van der Waals surface area contributed by atoms with Crippen LogP contribution in [0.3, 0.4) is 0 Å². The molecule has 2 aromatic carbocycles. The van der Waals surface area contributed by atoms with Gasteiger partial charge in [-0.3, -0.25) is 9.59 Å². The monoisotopic (exact) mass is 495 g/mol. The van der Waals surface area contributed by atoms with E-state index in [4.69, 9.17) is 21.1 Å². The second kappa shape index (κ2) is 10.4. The molecule has 3 aromatic rings. The number of ether oxygens (including phenoxy) is 2. The Labute approximate surface area is 210 Å². The van der Waals surface area contributed by atoms with Gasteiger partial charge < -0.3 is 23.8 Å². The SMILES string of the molecule is COc1ccc(-n2c(-c3ccccc3)cc(C(=O)N3CCN(C(=O)C(C)Cl)CC3)c2C)cc1OC. The Kier molecular flexibility index (Phi) is 7.36. The summed E-state index contributed by atoms with van der Waals surface area (Å²) in [5.74, 6) is 1.10. The molecule has 1 aliphatic heterocycles. The number of alkyl halides is 1. The first-order valence-corrected chi connectivity index (χ1v) is 12.0. The van der Waals surface area contributed by atoms with Gasteiger partial charge in [0.2, 0.25) is 5.91 Å². The fourth-order valence-electron chi connectivity index (χ4n) is 4.49. The van der Waals surface area contributed by atoms with Gasteiger partial charge in [0, 0.05) is 43.6 Å². The number of aromatic nitrogens is 1. The van der Waals surface area contributed by atoms with Gasteiger partial charge in [0.1, 0.15) is 5.38 Å². The third-order valence-electron chi connectivity index (χ3n) is 6.39. The van der Waals surface area contributed by atoms with Gasteiger partial charge in [-0.15, -0.1) is 11.6 Å². The Morgan fingerprint density at radius 3 is 2.11 bits per heavy atom. The van der Waals surface area contributed by atoms with Crippen LogP contribution in [0.25, 0.3) is 16.9 Å². The lowest BCUT2D eigenvalue weighted by Gasteiger charge is -2.35. The molecule has 0 saturated carbocycles. The summed E-state index contributed by atoms with van der Waals surface area (Å²) in [6, 6.07) is 17.6. The van der Waals surface area contributed by atoms with E-state index in [1.54, 1.807) is 30.9 Å². The van der Waals surface area contributed by atoms with Crippen LogP contribution in [-0.2, 0) is 4.79 Å². The predicted molar refractivity (Wildman–Crippen MR) is 137 cm³/mol. The van der Waals surface area contributed by atoms with Gasteiger partial charge in [0.25, 0.3) is 5.91 Å². The summed E-state index contributed by atoms with van der Waals surface area (Å²) < 4.78 is 13.0. The quantitative estimate of drug-likeness (QED) is 0.476. The molecule has 1 unspecified atom stereocenters. The number of halogens is 1. The Bertz CT molecular complexity index is 1210. The minimum Gasteiger partial charge on any atom is -0.493 e. The van der Waals surface area contributed by atoms with Crippen molar-refractivity contribution in [3.63, 3.8) is 0 Å². The van der Waals surface area contributed by atoms with Crippen LogP contribution in [-0.4, -0.2) is 72.0 Å². The van der Waals surface area contributed by atoms with Crippen LogP contribution in [0.5, 0.6) is 11.5 Å². The van der Waals surface area contributed by atoms with Crippen LogP contribution >= 0.6 is 11.6 Å². The highest BCUT2D eigenvalue weighted by Crippen LogP contribution is 2.34. The molecule has 35 heavy (non-hydrogen) atoms. The third-order valence-corrected chi connectivity index (χ3v) is 6.58. The van der Waals surface area contributed by atoms with Gasteiger partial charge in [0.05, 0.1) is 25.5 Å². The molecule has 0 aliphatic carbocycles. The summed E-state index contributed by atoms with van der Waals surface area (Å²) in [4.78, 5) is 29.4. The first kappa shape index (κ1) is 24.7. The molecular formula is C27H30ClN3O4. The van der Waals surface area contributed by atoms with Crippen LogP contribution in [0.1, 0.15) is 23.0 Å². The van der Waals surface area contributed by atoms with E-state index in [9.17, 15) is 9.59 Å². The van der Waals surface area contributed by atoms with Crippen LogP contribution in [0.15, 0.2) is 54.6 Å². The van der Waals surface area contributed by atoms with Gasteiger partial charge in [-0.05, 0) is 37.6 Å². The molecule has 8 heteroatoms. The molecule has 0 spiro atoms. The number of hydrogen-bond donors (Lipinski definition) is 0. The summed E-state index contributed by atoms with van der Waals surface area (Å²) >= 11 is 5.96. The first-order valence-electron chi connectivity index (χ1n) is 11.6. The highest BCUT2D eigenvalue weighted by molar-refractivity contribution is 6.30. The highest BCUT2D eigenvalue weighted by Gasteiger charge is 2.29. The maximum absolute atomic E-state index is 13.6. The van der Waals surface area contributed by atoms with Crippen LogP contribution in [0, 0.1) is 6.92 Å². The summed E-state index contributed by atoms with van der Waals surface area (Å²) in [6.45, 7) is 5.51. The highest BCUT2D eigenvalue weighted by atomic mass is 35.5.